The summed E-state index contributed by atoms with van der Waals surface area (Å²) in [6, 6.07) is 4.19. The fraction of sp³-hybridized carbons (Fsp3) is 0.500. The summed E-state index contributed by atoms with van der Waals surface area (Å²) < 4.78 is 14.4. The molecule has 0 unspecified atom stereocenters. The lowest BCUT2D eigenvalue weighted by Gasteiger charge is -2.31. The molecule has 3 rings (SSSR count). The Bertz CT molecular complexity index is 864. The van der Waals surface area contributed by atoms with E-state index >= 15 is 0 Å². The van der Waals surface area contributed by atoms with Crippen LogP contribution in [0.15, 0.2) is 18.2 Å². The van der Waals surface area contributed by atoms with Crippen LogP contribution in [-0.4, -0.2) is 45.0 Å². The molecule has 1 saturated heterocycles. The van der Waals surface area contributed by atoms with Gasteiger partial charge < -0.3 is 10.2 Å². The highest BCUT2D eigenvalue weighted by atomic mass is 19.1. The third-order valence-corrected chi connectivity index (χ3v) is 4.77. The number of anilines is 1. The van der Waals surface area contributed by atoms with Crippen molar-refractivity contribution in [3.63, 3.8) is 0 Å². The van der Waals surface area contributed by atoms with Gasteiger partial charge in [0.1, 0.15) is 11.6 Å². The SMILES string of the molecule is Cc1nc([C@H]2CCCN(C(=O)c3ccc(NC(=O)CC(C)C)c(F)c3)C2)n[nH]1. The van der Waals surface area contributed by atoms with E-state index in [4.69, 9.17) is 0 Å². The van der Waals surface area contributed by atoms with Gasteiger partial charge in [0.05, 0.1) is 5.69 Å². The van der Waals surface area contributed by atoms with Crippen molar-refractivity contribution in [1.29, 1.82) is 0 Å². The summed E-state index contributed by atoms with van der Waals surface area (Å²) in [6.07, 6.45) is 2.07. The molecule has 28 heavy (non-hydrogen) atoms. The molecule has 8 heteroatoms. The molecule has 1 aliphatic rings. The van der Waals surface area contributed by atoms with E-state index in [1.807, 2.05) is 20.8 Å². The van der Waals surface area contributed by atoms with Crippen molar-refractivity contribution < 1.29 is 14.0 Å². The average Bonchev–Trinajstić information content (AvgIpc) is 3.09. The highest BCUT2D eigenvalue weighted by Crippen LogP contribution is 2.26. The van der Waals surface area contributed by atoms with Crippen molar-refractivity contribution in [2.45, 2.75) is 46.0 Å². The van der Waals surface area contributed by atoms with E-state index in [-0.39, 0.29) is 34.9 Å². The van der Waals surface area contributed by atoms with Crippen molar-refractivity contribution in [1.82, 2.24) is 20.1 Å². The summed E-state index contributed by atoms with van der Waals surface area (Å²) in [5, 5.41) is 9.60. The number of hydrogen-bond acceptors (Lipinski definition) is 4. The first-order chi connectivity index (χ1) is 13.3. The number of rotatable bonds is 5. The quantitative estimate of drug-likeness (QED) is 0.824. The molecule has 0 radical (unpaired) electrons. The summed E-state index contributed by atoms with van der Waals surface area (Å²) in [7, 11) is 0. The van der Waals surface area contributed by atoms with E-state index in [1.54, 1.807) is 11.0 Å². The number of H-pyrrole nitrogens is 1. The first-order valence-electron chi connectivity index (χ1n) is 9.61. The van der Waals surface area contributed by atoms with Crippen molar-refractivity contribution in [3.05, 3.63) is 41.2 Å². The Kier molecular flexibility index (Phi) is 6.06. The summed E-state index contributed by atoms with van der Waals surface area (Å²) in [4.78, 5) is 30.8. The van der Waals surface area contributed by atoms with E-state index in [0.29, 0.717) is 25.3 Å². The molecule has 0 saturated carbocycles. The number of aromatic amines is 1. The molecule has 1 aliphatic heterocycles. The van der Waals surface area contributed by atoms with Crippen LogP contribution < -0.4 is 5.32 Å². The first-order valence-corrected chi connectivity index (χ1v) is 9.61. The molecule has 150 valence electrons. The molecule has 2 aromatic rings. The summed E-state index contributed by atoms with van der Waals surface area (Å²) in [6.45, 7) is 6.80. The summed E-state index contributed by atoms with van der Waals surface area (Å²) in [5.41, 5.74) is 0.362. The third kappa shape index (κ3) is 4.74. The maximum absolute atomic E-state index is 14.4. The lowest BCUT2D eigenvalue weighted by atomic mass is 9.96. The zero-order chi connectivity index (χ0) is 20.3. The van der Waals surface area contributed by atoms with Gasteiger partial charge in [0.2, 0.25) is 5.91 Å². The molecule has 1 aromatic carbocycles. The Hall–Kier alpha value is -2.77. The van der Waals surface area contributed by atoms with Gasteiger partial charge in [0, 0.05) is 31.0 Å². The number of benzene rings is 1. The molecule has 0 bridgehead atoms. The second-order valence-electron chi connectivity index (χ2n) is 7.71. The Labute approximate surface area is 163 Å². The summed E-state index contributed by atoms with van der Waals surface area (Å²) >= 11 is 0. The molecule has 1 atom stereocenters. The van der Waals surface area contributed by atoms with Crippen LogP contribution in [0.2, 0.25) is 0 Å². The van der Waals surface area contributed by atoms with E-state index in [2.05, 4.69) is 20.5 Å². The van der Waals surface area contributed by atoms with Crippen LogP contribution >= 0.6 is 0 Å². The van der Waals surface area contributed by atoms with E-state index < -0.39 is 5.82 Å². The van der Waals surface area contributed by atoms with Crippen molar-refractivity contribution in [2.24, 2.45) is 5.92 Å². The van der Waals surface area contributed by atoms with E-state index in [9.17, 15) is 14.0 Å². The second kappa shape index (κ2) is 8.50. The molecule has 0 aliphatic carbocycles. The van der Waals surface area contributed by atoms with Gasteiger partial charge in [-0.25, -0.2) is 9.37 Å². The van der Waals surface area contributed by atoms with E-state index in [0.717, 1.165) is 18.7 Å². The van der Waals surface area contributed by atoms with Crippen molar-refractivity contribution in [2.75, 3.05) is 18.4 Å². The zero-order valence-corrected chi connectivity index (χ0v) is 16.5. The molecule has 0 spiro atoms. The lowest BCUT2D eigenvalue weighted by Crippen LogP contribution is -2.39. The minimum atomic E-state index is -0.610. The van der Waals surface area contributed by atoms with Crippen LogP contribution in [0.3, 0.4) is 0 Å². The van der Waals surface area contributed by atoms with Gasteiger partial charge in [-0.1, -0.05) is 13.8 Å². The fourth-order valence-corrected chi connectivity index (χ4v) is 3.42. The van der Waals surface area contributed by atoms with Crippen LogP contribution in [0.5, 0.6) is 0 Å². The Balaban J connectivity index is 1.68. The number of nitrogens with zero attached hydrogens (tertiary/aromatic N) is 3. The molecule has 1 aromatic heterocycles. The number of aryl methyl sites for hydroxylation is 1. The molecule has 7 nitrogen and oxygen atoms in total. The maximum Gasteiger partial charge on any atom is 0.253 e. The molecule has 1 fully saturated rings. The molecule has 2 heterocycles. The van der Waals surface area contributed by atoms with Gasteiger partial charge in [-0.3, -0.25) is 14.7 Å². The Morgan fingerprint density at radius 2 is 2.18 bits per heavy atom. The number of hydrogen-bond donors (Lipinski definition) is 2. The second-order valence-corrected chi connectivity index (χ2v) is 7.71. The predicted octanol–water partition coefficient (Wildman–Crippen LogP) is 3.26. The van der Waals surface area contributed by atoms with Crippen LogP contribution in [0.25, 0.3) is 0 Å². The van der Waals surface area contributed by atoms with Gasteiger partial charge in [-0.2, -0.15) is 5.10 Å². The van der Waals surface area contributed by atoms with Crippen LogP contribution in [-0.2, 0) is 4.79 Å². The zero-order valence-electron chi connectivity index (χ0n) is 16.5. The van der Waals surface area contributed by atoms with Gasteiger partial charge in [-0.05, 0) is 43.9 Å². The molecule has 2 N–H and O–H groups in total. The van der Waals surface area contributed by atoms with Gasteiger partial charge in [0.15, 0.2) is 5.82 Å². The topological polar surface area (TPSA) is 91.0 Å². The number of carbonyl (C=O) groups is 2. The number of halogens is 1. The molecule has 2 amide bonds. The van der Waals surface area contributed by atoms with E-state index in [1.165, 1.54) is 12.1 Å². The van der Waals surface area contributed by atoms with Crippen LogP contribution in [0.4, 0.5) is 10.1 Å². The van der Waals surface area contributed by atoms with Gasteiger partial charge in [0.25, 0.3) is 5.91 Å². The van der Waals surface area contributed by atoms with Gasteiger partial charge >= 0.3 is 0 Å². The molecular weight excluding hydrogens is 361 g/mol. The summed E-state index contributed by atoms with van der Waals surface area (Å²) in [5.74, 6) is 0.636. The first kappa shape index (κ1) is 20.0. The van der Waals surface area contributed by atoms with Crippen LogP contribution in [0, 0.1) is 18.7 Å². The highest BCUT2D eigenvalue weighted by molar-refractivity contribution is 5.96. The smallest absolute Gasteiger partial charge is 0.253 e. The van der Waals surface area contributed by atoms with Gasteiger partial charge in [-0.15, -0.1) is 0 Å². The monoisotopic (exact) mass is 387 g/mol. The fourth-order valence-electron chi connectivity index (χ4n) is 3.42. The van der Waals surface area contributed by atoms with Crippen LogP contribution in [0.1, 0.15) is 61.0 Å². The normalized spacial score (nSPS) is 17.0. The number of nitrogens with one attached hydrogen (secondary N) is 2. The molecular formula is C20H26FN5O2. The largest absolute Gasteiger partial charge is 0.338 e. The standard InChI is InChI=1S/C20H26FN5O2/c1-12(2)9-18(27)23-17-7-6-14(10-16(17)21)20(28)26-8-4-5-15(11-26)19-22-13(3)24-25-19/h6-7,10,12,15H,4-5,8-9,11H2,1-3H3,(H,23,27)(H,22,24,25)/t15-/m0/s1. The lowest BCUT2D eigenvalue weighted by molar-refractivity contribution is -0.116. The number of carbonyl (C=O) groups excluding carboxylic acids is 2. The minimum Gasteiger partial charge on any atom is -0.338 e. The number of amides is 2. The maximum atomic E-state index is 14.4. The Morgan fingerprint density at radius 1 is 1.39 bits per heavy atom. The number of likely N-dealkylation sites (tertiary alicyclic amines) is 1. The Morgan fingerprint density at radius 3 is 2.82 bits per heavy atom. The predicted molar refractivity (Wildman–Crippen MR) is 103 cm³/mol. The third-order valence-electron chi connectivity index (χ3n) is 4.77. The number of piperidine rings is 1. The van der Waals surface area contributed by atoms with Crippen molar-refractivity contribution >= 4 is 17.5 Å². The average molecular weight is 387 g/mol. The minimum absolute atomic E-state index is 0.0714. The number of aromatic nitrogens is 3. The highest BCUT2D eigenvalue weighted by Gasteiger charge is 2.28. The van der Waals surface area contributed by atoms with Crippen molar-refractivity contribution in [3.8, 4) is 0 Å².